The third-order valence-corrected chi connectivity index (χ3v) is 7.10. The van der Waals surface area contributed by atoms with E-state index in [1.807, 2.05) is 51.2 Å². The number of ether oxygens (including phenoxy) is 2. The van der Waals surface area contributed by atoms with Gasteiger partial charge in [-0.2, -0.15) is 13.2 Å². The Hall–Kier alpha value is -2.30. The van der Waals surface area contributed by atoms with Crippen LogP contribution in [0.25, 0.3) is 0 Å². The second-order valence-corrected chi connectivity index (χ2v) is 10.9. The van der Waals surface area contributed by atoms with Crippen LogP contribution < -0.4 is 20.1 Å². The Kier molecular flexibility index (Phi) is 8.86. The summed E-state index contributed by atoms with van der Waals surface area (Å²) in [4.78, 5) is 38.7. The number of amides is 3. The zero-order chi connectivity index (χ0) is 27.7. The molecule has 0 radical (unpaired) electrons. The van der Waals surface area contributed by atoms with E-state index in [-0.39, 0.29) is 24.3 Å². The molecule has 1 unspecified atom stereocenters. The van der Waals surface area contributed by atoms with Gasteiger partial charge in [-0.3, -0.25) is 14.4 Å². The molecule has 1 aliphatic heterocycles. The summed E-state index contributed by atoms with van der Waals surface area (Å²) in [5.41, 5.74) is -0.831. The summed E-state index contributed by atoms with van der Waals surface area (Å²) in [5, 5.41) is 5.40. The van der Waals surface area contributed by atoms with E-state index in [4.69, 9.17) is 9.47 Å². The van der Waals surface area contributed by atoms with E-state index in [2.05, 4.69) is 10.6 Å². The minimum absolute atomic E-state index is 0.0775. The minimum Gasteiger partial charge on any atom is -0.493 e. The summed E-state index contributed by atoms with van der Waals surface area (Å²) in [6.07, 6.45) is -5.13. The van der Waals surface area contributed by atoms with Gasteiger partial charge in [-0.1, -0.05) is 0 Å². The van der Waals surface area contributed by atoms with Crippen LogP contribution in [0.1, 0.15) is 36.6 Å². The summed E-state index contributed by atoms with van der Waals surface area (Å²) in [5.74, 6) is -2.80. The molecule has 0 aliphatic carbocycles. The first-order chi connectivity index (χ1) is 17.2. The fourth-order valence-corrected chi connectivity index (χ4v) is 6.54. The lowest BCUT2D eigenvalue weighted by Gasteiger charge is -2.49. The smallest absolute Gasteiger partial charge is 0.471 e. The van der Waals surface area contributed by atoms with Crippen molar-refractivity contribution in [2.24, 2.45) is 0 Å². The topological polar surface area (TPSA) is 97.0 Å². The predicted molar refractivity (Wildman–Crippen MR) is 145 cm³/mol. The predicted octanol–water partition coefficient (Wildman–Crippen LogP) is 4.03. The first-order valence-electron chi connectivity index (χ1n) is 10.9. The maximum Gasteiger partial charge on any atom is 0.471 e. The van der Waals surface area contributed by atoms with E-state index < -0.39 is 35.6 Å². The number of carbonyl (C=O) groups is 3. The molecule has 1 atom stereocenters. The van der Waals surface area contributed by atoms with Gasteiger partial charge in [-0.15, -0.1) is 0 Å². The van der Waals surface area contributed by atoms with Gasteiger partial charge in [0.2, 0.25) is 11.8 Å². The summed E-state index contributed by atoms with van der Waals surface area (Å²) in [7, 11) is 2.80. The van der Waals surface area contributed by atoms with Gasteiger partial charge >= 0.3 is 12.1 Å². The number of nitrogens with one attached hydrogen (secondary N) is 2. The SMILES string of the molecule is COc1cc2c(cc1OC)C(C(NC(C)=O)(NC(C)=O)c1cc(I)cc(I)c1)N(C(=O)C(F)(F)F)CC2. The summed E-state index contributed by atoms with van der Waals surface area (Å²) in [6, 6.07) is 6.71. The van der Waals surface area contributed by atoms with Gasteiger partial charge in [-0.05, 0) is 93.1 Å². The van der Waals surface area contributed by atoms with Crippen molar-refractivity contribution in [3.05, 3.63) is 54.2 Å². The molecule has 0 spiro atoms. The highest BCUT2D eigenvalue weighted by Crippen LogP contribution is 2.47. The van der Waals surface area contributed by atoms with Gasteiger partial charge in [0.05, 0.1) is 14.2 Å². The van der Waals surface area contributed by atoms with Crippen LogP contribution in [0.2, 0.25) is 0 Å². The number of halogens is 5. The third kappa shape index (κ3) is 6.07. The minimum atomic E-state index is -5.20. The van der Waals surface area contributed by atoms with Crippen LogP contribution in [-0.4, -0.2) is 49.6 Å². The molecule has 0 aromatic heterocycles. The van der Waals surface area contributed by atoms with E-state index in [0.29, 0.717) is 28.9 Å². The fraction of sp³-hybridized carbons (Fsp3) is 0.375. The number of alkyl halides is 3. The molecule has 1 heterocycles. The zero-order valence-electron chi connectivity index (χ0n) is 20.3. The molecule has 200 valence electrons. The number of rotatable bonds is 6. The van der Waals surface area contributed by atoms with Gasteiger partial charge in [0.15, 0.2) is 17.2 Å². The Morgan fingerprint density at radius 2 is 1.43 bits per heavy atom. The molecule has 8 nitrogen and oxygen atoms in total. The second-order valence-electron chi connectivity index (χ2n) is 8.38. The number of hydrogen-bond acceptors (Lipinski definition) is 5. The largest absolute Gasteiger partial charge is 0.493 e. The lowest BCUT2D eigenvalue weighted by Crippen LogP contribution is -2.66. The highest BCUT2D eigenvalue weighted by molar-refractivity contribution is 14.1. The van der Waals surface area contributed by atoms with Gasteiger partial charge in [0.1, 0.15) is 6.04 Å². The van der Waals surface area contributed by atoms with Crippen molar-refractivity contribution in [3.8, 4) is 11.5 Å². The molecule has 2 N–H and O–H groups in total. The normalized spacial score (nSPS) is 15.5. The molecular weight excluding hydrogens is 721 g/mol. The maximum atomic E-state index is 13.9. The molecule has 2 aromatic rings. The Balaban J connectivity index is 2.48. The fourth-order valence-electron chi connectivity index (χ4n) is 4.60. The number of fused-ring (bicyclic) bond motifs is 1. The van der Waals surface area contributed by atoms with Gasteiger partial charge in [-0.25, -0.2) is 0 Å². The van der Waals surface area contributed by atoms with Crippen molar-refractivity contribution in [1.29, 1.82) is 0 Å². The summed E-state index contributed by atoms with van der Waals surface area (Å²) in [6.45, 7) is 2.04. The van der Waals surface area contributed by atoms with Crippen molar-refractivity contribution in [1.82, 2.24) is 15.5 Å². The lowest BCUT2D eigenvalue weighted by atomic mass is 9.79. The Labute approximate surface area is 238 Å². The highest BCUT2D eigenvalue weighted by Gasteiger charge is 2.54. The van der Waals surface area contributed by atoms with Crippen LogP contribution in [0.3, 0.4) is 0 Å². The quantitative estimate of drug-likeness (QED) is 0.345. The van der Waals surface area contributed by atoms with Crippen molar-refractivity contribution in [3.63, 3.8) is 0 Å². The first-order valence-corrected chi connectivity index (χ1v) is 13.1. The van der Waals surface area contributed by atoms with E-state index in [9.17, 15) is 27.6 Å². The Morgan fingerprint density at radius 3 is 1.89 bits per heavy atom. The lowest BCUT2D eigenvalue weighted by molar-refractivity contribution is -0.191. The van der Waals surface area contributed by atoms with Crippen LogP contribution in [0.5, 0.6) is 11.5 Å². The maximum absolute atomic E-state index is 13.9. The molecule has 0 saturated carbocycles. The number of hydrogen-bond donors (Lipinski definition) is 2. The number of benzene rings is 2. The van der Waals surface area contributed by atoms with Crippen molar-refractivity contribution >= 4 is 62.9 Å². The highest BCUT2D eigenvalue weighted by atomic mass is 127. The number of methoxy groups -OCH3 is 2. The van der Waals surface area contributed by atoms with Gasteiger partial charge in [0, 0.05) is 33.1 Å². The second kappa shape index (κ2) is 11.2. The van der Waals surface area contributed by atoms with Crippen LogP contribution in [0.4, 0.5) is 13.2 Å². The van der Waals surface area contributed by atoms with Crippen molar-refractivity contribution in [2.45, 2.75) is 38.1 Å². The molecule has 0 saturated heterocycles. The number of carbonyl (C=O) groups excluding carboxylic acids is 3. The van der Waals surface area contributed by atoms with Crippen molar-refractivity contribution < 1.29 is 37.0 Å². The average Bonchev–Trinajstić information content (AvgIpc) is 2.79. The zero-order valence-corrected chi connectivity index (χ0v) is 24.6. The average molecular weight is 745 g/mol. The third-order valence-electron chi connectivity index (χ3n) is 5.85. The molecule has 0 fully saturated rings. The molecule has 0 bridgehead atoms. The molecule has 13 heteroatoms. The summed E-state index contributed by atoms with van der Waals surface area (Å²) >= 11 is 4.07. The molecule has 37 heavy (non-hydrogen) atoms. The molecule has 2 aromatic carbocycles. The van der Waals surface area contributed by atoms with Crippen molar-refractivity contribution in [2.75, 3.05) is 20.8 Å². The summed E-state index contributed by atoms with van der Waals surface area (Å²) < 4.78 is 53.8. The van der Waals surface area contributed by atoms with Gasteiger partial charge < -0.3 is 25.0 Å². The van der Waals surface area contributed by atoms with E-state index in [1.54, 1.807) is 18.2 Å². The Morgan fingerprint density at radius 1 is 0.919 bits per heavy atom. The van der Waals surface area contributed by atoms with Crippen LogP contribution in [-0.2, 0) is 26.5 Å². The van der Waals surface area contributed by atoms with Crippen LogP contribution >= 0.6 is 45.2 Å². The first kappa shape index (κ1) is 29.3. The van der Waals surface area contributed by atoms with E-state index in [0.717, 1.165) is 0 Å². The monoisotopic (exact) mass is 745 g/mol. The molecular formula is C24H24F3I2N3O5. The van der Waals surface area contributed by atoms with Crippen LogP contribution in [0, 0.1) is 7.14 Å². The Bertz CT molecular complexity index is 1200. The van der Waals surface area contributed by atoms with E-state index in [1.165, 1.54) is 34.1 Å². The molecule has 3 amide bonds. The standard InChI is InChI=1S/C24H24F3I2N3O5/c1-12(33)30-23(31-13(2)34,15-8-16(28)10-17(29)9-15)21-18-11-20(37-4)19(36-3)7-14(18)5-6-32(21)22(35)24(25,26)27/h7-11,21H,5-6H2,1-4H3,(H,30,33)(H,31,34). The van der Waals surface area contributed by atoms with E-state index >= 15 is 0 Å². The van der Waals surface area contributed by atoms with Crippen LogP contribution in [0.15, 0.2) is 30.3 Å². The van der Waals surface area contributed by atoms with Gasteiger partial charge in [0.25, 0.3) is 0 Å². The molecule has 3 rings (SSSR count). The molecule has 1 aliphatic rings. The number of nitrogens with zero attached hydrogens (tertiary/aromatic N) is 1.